The SMILES string of the molecule is C=Cc1ccc(-n2c3ccccc3c3ccccc32)cc1F. The molecule has 0 fully saturated rings. The lowest BCUT2D eigenvalue weighted by molar-refractivity contribution is 0.624. The standard InChI is InChI=1S/C20H14FN/c1-2-14-11-12-15(13-18(14)21)22-19-9-5-3-7-16(19)17-8-4-6-10-20(17)22/h2-13H,1H2. The van der Waals surface area contributed by atoms with Crippen LogP contribution in [0.1, 0.15) is 5.56 Å². The summed E-state index contributed by atoms with van der Waals surface area (Å²) in [6.07, 6.45) is 1.53. The highest BCUT2D eigenvalue weighted by Gasteiger charge is 2.12. The Morgan fingerprint density at radius 2 is 1.41 bits per heavy atom. The second-order valence-electron chi connectivity index (χ2n) is 5.28. The number of hydrogen-bond acceptors (Lipinski definition) is 0. The minimum atomic E-state index is -0.255. The van der Waals surface area contributed by atoms with Gasteiger partial charge in [-0.1, -0.05) is 49.1 Å². The highest BCUT2D eigenvalue weighted by Crippen LogP contribution is 2.32. The first-order valence-corrected chi connectivity index (χ1v) is 7.20. The van der Waals surface area contributed by atoms with Crippen molar-refractivity contribution >= 4 is 27.9 Å². The second-order valence-corrected chi connectivity index (χ2v) is 5.28. The number of fused-ring (bicyclic) bond motifs is 3. The second kappa shape index (κ2) is 4.85. The van der Waals surface area contributed by atoms with E-state index >= 15 is 0 Å². The quantitative estimate of drug-likeness (QED) is 0.454. The predicted octanol–water partition coefficient (Wildman–Crippen LogP) is 5.57. The number of halogens is 1. The average molecular weight is 287 g/mol. The number of nitrogens with zero attached hydrogens (tertiary/aromatic N) is 1. The summed E-state index contributed by atoms with van der Waals surface area (Å²) in [6, 6.07) is 21.7. The number of rotatable bonds is 2. The highest BCUT2D eigenvalue weighted by molar-refractivity contribution is 6.09. The van der Waals surface area contributed by atoms with Crippen molar-refractivity contribution in [1.29, 1.82) is 0 Å². The van der Waals surface area contributed by atoms with Gasteiger partial charge in [-0.05, 0) is 30.3 Å². The topological polar surface area (TPSA) is 4.93 Å². The summed E-state index contributed by atoms with van der Waals surface area (Å²) in [6.45, 7) is 3.64. The molecule has 0 saturated carbocycles. The molecule has 0 aliphatic carbocycles. The molecule has 0 N–H and O–H groups in total. The molecular weight excluding hydrogens is 273 g/mol. The molecule has 4 rings (SSSR count). The number of para-hydroxylation sites is 2. The van der Waals surface area contributed by atoms with Gasteiger partial charge in [0.05, 0.1) is 11.0 Å². The van der Waals surface area contributed by atoms with E-state index < -0.39 is 0 Å². The van der Waals surface area contributed by atoms with E-state index in [1.54, 1.807) is 12.1 Å². The van der Waals surface area contributed by atoms with Crippen molar-refractivity contribution in [3.8, 4) is 5.69 Å². The maximum Gasteiger partial charge on any atom is 0.132 e. The summed E-state index contributed by atoms with van der Waals surface area (Å²) in [4.78, 5) is 0. The maximum atomic E-state index is 14.2. The molecule has 22 heavy (non-hydrogen) atoms. The molecule has 2 heteroatoms. The van der Waals surface area contributed by atoms with Gasteiger partial charge in [0.1, 0.15) is 5.82 Å². The summed E-state index contributed by atoms with van der Waals surface area (Å²) >= 11 is 0. The Morgan fingerprint density at radius 1 is 0.818 bits per heavy atom. The largest absolute Gasteiger partial charge is 0.309 e. The van der Waals surface area contributed by atoms with E-state index in [2.05, 4.69) is 35.4 Å². The molecule has 0 amide bonds. The van der Waals surface area contributed by atoms with Crippen LogP contribution in [0.3, 0.4) is 0 Å². The van der Waals surface area contributed by atoms with E-state index in [0.29, 0.717) is 5.56 Å². The van der Waals surface area contributed by atoms with E-state index in [-0.39, 0.29) is 5.82 Å². The van der Waals surface area contributed by atoms with Crippen LogP contribution in [0, 0.1) is 5.82 Å². The number of aromatic nitrogens is 1. The summed E-state index contributed by atoms with van der Waals surface area (Å²) in [7, 11) is 0. The molecule has 0 aliphatic heterocycles. The van der Waals surface area contributed by atoms with Gasteiger partial charge < -0.3 is 4.57 Å². The van der Waals surface area contributed by atoms with Crippen molar-refractivity contribution in [2.45, 2.75) is 0 Å². The van der Waals surface area contributed by atoms with Gasteiger partial charge in [0, 0.05) is 22.0 Å². The lowest BCUT2D eigenvalue weighted by Gasteiger charge is -2.09. The molecular formula is C20H14FN. The molecule has 0 aliphatic rings. The highest BCUT2D eigenvalue weighted by atomic mass is 19.1. The van der Waals surface area contributed by atoms with Gasteiger partial charge in [-0.25, -0.2) is 4.39 Å². The van der Waals surface area contributed by atoms with E-state index in [1.165, 1.54) is 16.8 Å². The third-order valence-electron chi connectivity index (χ3n) is 4.04. The smallest absolute Gasteiger partial charge is 0.132 e. The Hall–Kier alpha value is -2.87. The number of benzene rings is 3. The van der Waals surface area contributed by atoms with Gasteiger partial charge in [-0.3, -0.25) is 0 Å². The van der Waals surface area contributed by atoms with Crippen LogP contribution in [-0.4, -0.2) is 4.57 Å². The molecule has 1 aromatic heterocycles. The molecule has 1 nitrogen and oxygen atoms in total. The first-order valence-electron chi connectivity index (χ1n) is 7.20. The molecule has 0 saturated heterocycles. The fourth-order valence-corrected chi connectivity index (χ4v) is 3.02. The van der Waals surface area contributed by atoms with Gasteiger partial charge in [0.15, 0.2) is 0 Å². The van der Waals surface area contributed by atoms with Crippen molar-refractivity contribution in [3.05, 3.63) is 84.7 Å². The molecule has 4 aromatic rings. The van der Waals surface area contributed by atoms with Crippen molar-refractivity contribution in [1.82, 2.24) is 4.57 Å². The lowest BCUT2D eigenvalue weighted by atomic mass is 10.2. The number of hydrogen-bond donors (Lipinski definition) is 0. The fraction of sp³-hybridized carbons (Fsp3) is 0. The zero-order valence-corrected chi connectivity index (χ0v) is 12.0. The lowest BCUT2D eigenvalue weighted by Crippen LogP contribution is -1.95. The van der Waals surface area contributed by atoms with E-state index in [4.69, 9.17) is 0 Å². The first-order chi connectivity index (χ1) is 10.8. The van der Waals surface area contributed by atoms with E-state index in [9.17, 15) is 4.39 Å². The third-order valence-corrected chi connectivity index (χ3v) is 4.04. The van der Waals surface area contributed by atoms with Crippen molar-refractivity contribution in [3.63, 3.8) is 0 Å². The molecule has 0 atom stereocenters. The Morgan fingerprint density at radius 3 is 1.95 bits per heavy atom. The van der Waals surface area contributed by atoms with Crippen LogP contribution >= 0.6 is 0 Å². The Bertz CT molecular complexity index is 958. The van der Waals surface area contributed by atoms with Gasteiger partial charge in [0.25, 0.3) is 0 Å². The Kier molecular flexibility index (Phi) is 2.83. The maximum absolute atomic E-state index is 14.2. The summed E-state index contributed by atoms with van der Waals surface area (Å²) in [5.74, 6) is -0.255. The van der Waals surface area contributed by atoms with Gasteiger partial charge in [0.2, 0.25) is 0 Å². The Labute approximate surface area is 127 Å². The normalized spacial score (nSPS) is 11.1. The predicted molar refractivity (Wildman–Crippen MR) is 90.8 cm³/mol. The van der Waals surface area contributed by atoms with Gasteiger partial charge in [-0.15, -0.1) is 0 Å². The molecule has 0 unspecified atom stereocenters. The first kappa shape index (κ1) is 12.8. The van der Waals surface area contributed by atoms with E-state index in [1.807, 2.05) is 30.3 Å². The zero-order chi connectivity index (χ0) is 15.1. The van der Waals surface area contributed by atoms with Crippen molar-refractivity contribution < 1.29 is 4.39 Å². The van der Waals surface area contributed by atoms with Crippen LogP contribution in [0.2, 0.25) is 0 Å². The average Bonchev–Trinajstić information content (AvgIpc) is 2.89. The van der Waals surface area contributed by atoms with Gasteiger partial charge in [-0.2, -0.15) is 0 Å². The molecule has 3 aromatic carbocycles. The molecule has 0 bridgehead atoms. The molecule has 0 spiro atoms. The third kappa shape index (κ3) is 1.77. The summed E-state index contributed by atoms with van der Waals surface area (Å²) < 4.78 is 16.3. The van der Waals surface area contributed by atoms with Crippen LogP contribution in [0.5, 0.6) is 0 Å². The minimum absolute atomic E-state index is 0.255. The van der Waals surface area contributed by atoms with Crippen LogP contribution in [0.25, 0.3) is 33.6 Å². The zero-order valence-electron chi connectivity index (χ0n) is 12.0. The summed E-state index contributed by atoms with van der Waals surface area (Å²) in [5.41, 5.74) is 3.49. The van der Waals surface area contributed by atoms with Crippen molar-refractivity contribution in [2.24, 2.45) is 0 Å². The molecule has 106 valence electrons. The van der Waals surface area contributed by atoms with Crippen LogP contribution in [0.4, 0.5) is 4.39 Å². The Balaban J connectivity index is 2.12. The van der Waals surface area contributed by atoms with Crippen LogP contribution in [-0.2, 0) is 0 Å². The molecule has 0 radical (unpaired) electrons. The van der Waals surface area contributed by atoms with Crippen LogP contribution < -0.4 is 0 Å². The van der Waals surface area contributed by atoms with Crippen molar-refractivity contribution in [2.75, 3.05) is 0 Å². The minimum Gasteiger partial charge on any atom is -0.309 e. The molecule has 1 heterocycles. The van der Waals surface area contributed by atoms with Crippen LogP contribution in [0.15, 0.2) is 73.3 Å². The van der Waals surface area contributed by atoms with E-state index in [0.717, 1.165) is 16.7 Å². The van der Waals surface area contributed by atoms with Gasteiger partial charge >= 0.3 is 0 Å². The fourth-order valence-electron chi connectivity index (χ4n) is 3.02. The summed E-state index contributed by atoms with van der Waals surface area (Å²) in [5, 5.41) is 2.35. The monoisotopic (exact) mass is 287 g/mol.